The molecule has 1 unspecified atom stereocenters. The third-order valence-corrected chi connectivity index (χ3v) is 2.11. The molecule has 6 heteroatoms. The summed E-state index contributed by atoms with van der Waals surface area (Å²) in [6, 6.07) is 0. The Kier molecular flexibility index (Phi) is 4.26. The molecule has 0 aliphatic heterocycles. The molecule has 0 saturated heterocycles. The molecule has 6 nitrogen and oxygen atoms in total. The molecule has 0 aliphatic rings. The van der Waals surface area contributed by atoms with Crippen LogP contribution >= 0.6 is 0 Å². The molecule has 0 saturated carbocycles. The number of hydrogen-bond donors (Lipinski definition) is 3. The van der Waals surface area contributed by atoms with E-state index in [4.69, 9.17) is 15.3 Å². The highest BCUT2D eigenvalue weighted by Gasteiger charge is 2.34. The van der Waals surface area contributed by atoms with Crippen LogP contribution in [0.1, 0.15) is 26.7 Å². The average Bonchev–Trinajstić information content (AvgIpc) is 2.01. The molecular formula is C9H14O6. The summed E-state index contributed by atoms with van der Waals surface area (Å²) in [5.74, 6) is -4.84. The lowest BCUT2D eigenvalue weighted by Crippen LogP contribution is -2.30. The normalized spacial score (nSPS) is 13.2. The van der Waals surface area contributed by atoms with Gasteiger partial charge in [0.1, 0.15) is 0 Å². The van der Waals surface area contributed by atoms with Crippen LogP contribution in [0, 0.1) is 11.3 Å². The number of rotatable bonds is 6. The minimum absolute atomic E-state index is 0.204. The first-order valence-corrected chi connectivity index (χ1v) is 4.35. The van der Waals surface area contributed by atoms with Gasteiger partial charge in [-0.1, -0.05) is 0 Å². The van der Waals surface area contributed by atoms with Crippen molar-refractivity contribution in [2.24, 2.45) is 11.3 Å². The van der Waals surface area contributed by atoms with E-state index in [9.17, 15) is 14.4 Å². The van der Waals surface area contributed by atoms with Crippen LogP contribution in [0.3, 0.4) is 0 Å². The van der Waals surface area contributed by atoms with Crippen LogP contribution < -0.4 is 0 Å². The summed E-state index contributed by atoms with van der Waals surface area (Å²) in [6.07, 6.45) is -0.768. The van der Waals surface area contributed by atoms with Gasteiger partial charge in [-0.3, -0.25) is 14.4 Å². The summed E-state index contributed by atoms with van der Waals surface area (Å²) >= 11 is 0. The Morgan fingerprint density at radius 3 is 1.87 bits per heavy atom. The zero-order chi connectivity index (χ0) is 12.2. The van der Waals surface area contributed by atoms with E-state index in [1.54, 1.807) is 0 Å². The van der Waals surface area contributed by atoms with Crippen LogP contribution in [0.2, 0.25) is 0 Å². The van der Waals surface area contributed by atoms with E-state index >= 15 is 0 Å². The largest absolute Gasteiger partial charge is 0.481 e. The van der Waals surface area contributed by atoms with Crippen LogP contribution in [0.4, 0.5) is 0 Å². The Balaban J connectivity index is 4.61. The molecule has 0 radical (unpaired) electrons. The SMILES string of the molecule is CC(C)(CC(CC(=O)O)C(=O)O)C(=O)O. The van der Waals surface area contributed by atoms with Gasteiger partial charge in [0.05, 0.1) is 17.8 Å². The maximum Gasteiger partial charge on any atom is 0.309 e. The van der Waals surface area contributed by atoms with Crippen molar-refractivity contribution in [1.29, 1.82) is 0 Å². The van der Waals surface area contributed by atoms with Crippen LogP contribution in [0.15, 0.2) is 0 Å². The Morgan fingerprint density at radius 1 is 1.13 bits per heavy atom. The van der Waals surface area contributed by atoms with E-state index in [0.717, 1.165) is 0 Å². The molecule has 0 fully saturated rings. The van der Waals surface area contributed by atoms with Gasteiger partial charge in [0, 0.05) is 0 Å². The molecule has 0 heterocycles. The van der Waals surface area contributed by atoms with Crippen LogP contribution in [0.25, 0.3) is 0 Å². The molecule has 0 aromatic rings. The molecule has 0 rings (SSSR count). The van der Waals surface area contributed by atoms with Gasteiger partial charge in [-0.2, -0.15) is 0 Å². The fourth-order valence-electron chi connectivity index (χ4n) is 1.16. The number of hydrogen-bond acceptors (Lipinski definition) is 3. The first-order chi connectivity index (χ1) is 6.66. The molecule has 1 atom stereocenters. The maximum atomic E-state index is 10.7. The summed E-state index contributed by atoms with van der Waals surface area (Å²) in [5.41, 5.74) is -1.24. The van der Waals surface area contributed by atoms with Gasteiger partial charge in [-0.05, 0) is 20.3 Å². The predicted molar refractivity (Wildman–Crippen MR) is 49.4 cm³/mol. The Bertz CT molecular complexity index is 280. The van der Waals surface area contributed by atoms with Crippen molar-refractivity contribution >= 4 is 17.9 Å². The summed E-state index contributed by atoms with van der Waals surface area (Å²) < 4.78 is 0. The van der Waals surface area contributed by atoms with Crippen molar-refractivity contribution in [3.63, 3.8) is 0 Å². The van der Waals surface area contributed by atoms with E-state index in [-0.39, 0.29) is 6.42 Å². The van der Waals surface area contributed by atoms with Crippen molar-refractivity contribution in [3.05, 3.63) is 0 Å². The summed E-state index contributed by atoms with van der Waals surface area (Å²) in [6.45, 7) is 2.74. The third-order valence-electron chi connectivity index (χ3n) is 2.11. The van der Waals surface area contributed by atoms with Gasteiger partial charge in [0.25, 0.3) is 0 Å². The molecule has 15 heavy (non-hydrogen) atoms. The molecule has 0 aromatic heterocycles. The monoisotopic (exact) mass is 218 g/mol. The van der Waals surface area contributed by atoms with Crippen LogP contribution in [-0.2, 0) is 14.4 Å². The highest BCUT2D eigenvalue weighted by molar-refractivity contribution is 5.79. The quantitative estimate of drug-likeness (QED) is 0.603. The number of aliphatic carboxylic acids is 3. The molecule has 0 aromatic carbocycles. The molecule has 0 spiro atoms. The fraction of sp³-hybridized carbons (Fsp3) is 0.667. The van der Waals surface area contributed by atoms with E-state index in [2.05, 4.69) is 0 Å². The maximum absolute atomic E-state index is 10.7. The standard InChI is InChI=1S/C9H14O6/c1-9(2,8(14)15)4-5(7(12)13)3-6(10)11/h5H,3-4H2,1-2H3,(H,10,11)(H,12,13)(H,14,15). The first-order valence-electron chi connectivity index (χ1n) is 4.35. The Labute approximate surface area is 86.5 Å². The second-order valence-electron chi connectivity index (χ2n) is 4.03. The molecule has 0 bridgehead atoms. The van der Waals surface area contributed by atoms with Gasteiger partial charge >= 0.3 is 17.9 Å². The lowest BCUT2D eigenvalue weighted by Gasteiger charge is -2.22. The van der Waals surface area contributed by atoms with Crippen molar-refractivity contribution in [1.82, 2.24) is 0 Å². The van der Waals surface area contributed by atoms with Gasteiger partial charge in [0.2, 0.25) is 0 Å². The fourth-order valence-corrected chi connectivity index (χ4v) is 1.16. The zero-order valence-electron chi connectivity index (χ0n) is 8.56. The molecular weight excluding hydrogens is 204 g/mol. The number of carbonyl (C=O) groups is 3. The molecule has 0 aliphatic carbocycles. The summed E-state index contributed by atoms with van der Waals surface area (Å²) in [4.78, 5) is 31.8. The van der Waals surface area contributed by atoms with Crippen LogP contribution in [-0.4, -0.2) is 33.2 Å². The first kappa shape index (κ1) is 13.4. The minimum Gasteiger partial charge on any atom is -0.481 e. The second kappa shape index (κ2) is 4.77. The van der Waals surface area contributed by atoms with E-state index < -0.39 is 35.7 Å². The number of carboxylic acid groups (broad SMARTS) is 3. The average molecular weight is 218 g/mol. The highest BCUT2D eigenvalue weighted by atomic mass is 16.4. The summed E-state index contributed by atoms with van der Waals surface area (Å²) in [7, 11) is 0. The second-order valence-corrected chi connectivity index (χ2v) is 4.03. The number of carboxylic acids is 3. The van der Waals surface area contributed by atoms with E-state index in [0.29, 0.717) is 0 Å². The van der Waals surface area contributed by atoms with Gasteiger partial charge in [-0.25, -0.2) is 0 Å². The zero-order valence-corrected chi connectivity index (χ0v) is 8.56. The smallest absolute Gasteiger partial charge is 0.309 e. The molecule has 86 valence electrons. The topological polar surface area (TPSA) is 112 Å². The summed E-state index contributed by atoms with van der Waals surface area (Å²) in [5, 5.41) is 25.9. The van der Waals surface area contributed by atoms with E-state index in [1.165, 1.54) is 13.8 Å². The lowest BCUT2D eigenvalue weighted by molar-refractivity contribution is -0.154. The van der Waals surface area contributed by atoms with Crippen molar-refractivity contribution in [2.75, 3.05) is 0 Å². The Hall–Kier alpha value is -1.59. The molecule has 0 amide bonds. The van der Waals surface area contributed by atoms with Crippen LogP contribution in [0.5, 0.6) is 0 Å². The highest BCUT2D eigenvalue weighted by Crippen LogP contribution is 2.27. The molecule has 3 N–H and O–H groups in total. The minimum atomic E-state index is -1.29. The lowest BCUT2D eigenvalue weighted by atomic mass is 9.81. The van der Waals surface area contributed by atoms with Crippen molar-refractivity contribution in [3.8, 4) is 0 Å². The van der Waals surface area contributed by atoms with E-state index in [1.807, 2.05) is 0 Å². The third kappa shape index (κ3) is 4.44. The predicted octanol–water partition coefficient (Wildman–Crippen LogP) is 0.663. The van der Waals surface area contributed by atoms with Crippen molar-refractivity contribution in [2.45, 2.75) is 26.7 Å². The Morgan fingerprint density at radius 2 is 1.60 bits per heavy atom. The van der Waals surface area contributed by atoms with Crippen molar-refractivity contribution < 1.29 is 29.7 Å². The van der Waals surface area contributed by atoms with Gasteiger partial charge in [0.15, 0.2) is 0 Å². The van der Waals surface area contributed by atoms with Gasteiger partial charge < -0.3 is 15.3 Å². The van der Waals surface area contributed by atoms with Gasteiger partial charge in [-0.15, -0.1) is 0 Å².